The van der Waals surface area contributed by atoms with Crippen molar-refractivity contribution >= 4 is 23.5 Å². The van der Waals surface area contributed by atoms with Gasteiger partial charge in [-0.1, -0.05) is 78.9 Å². The lowest BCUT2D eigenvalue weighted by Crippen LogP contribution is -2.57. The minimum atomic E-state index is -1.02. The molecule has 40 heavy (non-hydrogen) atoms. The number of anilines is 1. The van der Waals surface area contributed by atoms with Gasteiger partial charge >= 0.3 is 5.97 Å². The number of methoxy groups -OCH3 is 1. The topological polar surface area (TPSA) is 85.4 Å². The third kappa shape index (κ3) is 4.33. The average Bonchev–Trinajstić information content (AvgIpc) is 3.45. The highest BCUT2D eigenvalue weighted by molar-refractivity contribution is 6.23. The Labute approximate surface area is 233 Å². The first kappa shape index (κ1) is 26.4. The number of carbonyl (C=O) groups excluding carboxylic acids is 3. The van der Waals surface area contributed by atoms with Crippen molar-refractivity contribution in [2.75, 3.05) is 18.6 Å². The molecule has 0 unspecified atom stereocenters. The van der Waals surface area contributed by atoms with E-state index in [0.717, 1.165) is 11.1 Å². The summed E-state index contributed by atoms with van der Waals surface area (Å²) in [5, 5.41) is 0. The first-order valence-corrected chi connectivity index (χ1v) is 13.5. The predicted octanol–water partition coefficient (Wildman–Crippen LogP) is 4.28. The van der Waals surface area contributed by atoms with Crippen LogP contribution in [0, 0.1) is 11.8 Å². The molecule has 2 amide bonds. The van der Waals surface area contributed by atoms with Crippen LogP contribution < -0.4 is 4.90 Å². The normalized spacial score (nSPS) is 29.8. The molecule has 8 nitrogen and oxygen atoms in total. The van der Waals surface area contributed by atoms with Crippen molar-refractivity contribution in [1.82, 2.24) is 4.90 Å². The zero-order valence-electron chi connectivity index (χ0n) is 22.7. The number of nitrogens with zero attached hydrogens (tertiary/aromatic N) is 2. The molecule has 0 radical (unpaired) electrons. The quantitative estimate of drug-likeness (QED) is 0.353. The van der Waals surface area contributed by atoms with Crippen molar-refractivity contribution in [2.24, 2.45) is 11.8 Å². The number of ether oxygens (including phenoxy) is 3. The molecule has 6 rings (SSSR count). The smallest absolute Gasteiger partial charge is 0.323 e. The summed E-state index contributed by atoms with van der Waals surface area (Å²) in [4.78, 5) is 45.1. The van der Waals surface area contributed by atoms with Gasteiger partial charge in [-0.3, -0.25) is 19.3 Å². The van der Waals surface area contributed by atoms with E-state index in [1.807, 2.05) is 85.5 Å². The van der Waals surface area contributed by atoms with E-state index in [2.05, 4.69) is 0 Å². The lowest BCUT2D eigenvalue weighted by Gasteiger charge is -2.48. The fraction of sp³-hybridized carbons (Fsp3) is 0.344. The lowest BCUT2D eigenvalue weighted by molar-refractivity contribution is -0.300. The molecular formula is C32H32N2O6. The largest absolute Gasteiger partial charge is 0.468 e. The summed E-state index contributed by atoms with van der Waals surface area (Å²) in [7, 11) is 1.31. The number of carbonyl (C=O) groups is 3. The second-order valence-corrected chi connectivity index (χ2v) is 10.9. The first-order chi connectivity index (χ1) is 19.3. The van der Waals surface area contributed by atoms with Gasteiger partial charge in [0.2, 0.25) is 11.8 Å². The summed E-state index contributed by atoms with van der Waals surface area (Å²) in [5.74, 6) is -3.91. The Kier molecular flexibility index (Phi) is 6.78. The Balaban J connectivity index is 1.52. The maximum absolute atomic E-state index is 14.2. The fourth-order valence-corrected chi connectivity index (χ4v) is 6.55. The molecule has 0 bridgehead atoms. The van der Waals surface area contributed by atoms with Gasteiger partial charge < -0.3 is 14.2 Å². The van der Waals surface area contributed by atoms with Gasteiger partial charge in [-0.25, -0.2) is 4.90 Å². The summed E-state index contributed by atoms with van der Waals surface area (Å²) in [6, 6.07) is 26.1. The van der Waals surface area contributed by atoms with E-state index >= 15 is 0 Å². The number of fused-ring (bicyclic) bond motifs is 1. The molecule has 0 spiro atoms. The number of esters is 1. The van der Waals surface area contributed by atoms with E-state index in [-0.39, 0.29) is 12.5 Å². The first-order valence-electron chi connectivity index (χ1n) is 13.5. The number of rotatable bonds is 5. The van der Waals surface area contributed by atoms with Crippen LogP contribution >= 0.6 is 0 Å². The molecule has 0 aliphatic carbocycles. The molecule has 6 atom stereocenters. The molecular weight excluding hydrogens is 508 g/mol. The Bertz CT molecular complexity index is 1400. The van der Waals surface area contributed by atoms with Crippen molar-refractivity contribution < 1.29 is 28.6 Å². The van der Waals surface area contributed by atoms with Crippen LogP contribution in [0.3, 0.4) is 0 Å². The minimum Gasteiger partial charge on any atom is -0.468 e. The molecule has 3 fully saturated rings. The van der Waals surface area contributed by atoms with Gasteiger partial charge in [-0.05, 0) is 37.1 Å². The van der Waals surface area contributed by atoms with E-state index in [1.165, 1.54) is 12.0 Å². The second kappa shape index (κ2) is 10.3. The molecule has 0 N–H and O–H groups in total. The number of para-hydroxylation sites is 1. The number of benzene rings is 3. The lowest BCUT2D eigenvalue weighted by atomic mass is 9.86. The number of imide groups is 1. The molecule has 3 aliphatic rings. The van der Waals surface area contributed by atoms with Gasteiger partial charge in [0.1, 0.15) is 12.1 Å². The van der Waals surface area contributed by atoms with Gasteiger partial charge in [0.25, 0.3) is 0 Å². The van der Waals surface area contributed by atoms with Crippen LogP contribution in [0.2, 0.25) is 0 Å². The molecule has 3 saturated heterocycles. The van der Waals surface area contributed by atoms with Crippen molar-refractivity contribution in [1.29, 1.82) is 0 Å². The molecule has 3 aliphatic heterocycles. The summed E-state index contributed by atoms with van der Waals surface area (Å²) in [6.07, 6.45) is -0.488. The SMILES string of the molecule is COC(=O)[C@@H]1[C@@H]2C(=O)N(c3ccccc3)C(=O)[C@@H]2[C@@H](c2ccccc2)N1[C@H]1COC(C)(C)O[C@H]1c1ccccc1. The Morgan fingerprint density at radius 3 is 1.98 bits per heavy atom. The zero-order valence-corrected chi connectivity index (χ0v) is 22.7. The Morgan fingerprint density at radius 2 is 1.38 bits per heavy atom. The fourth-order valence-electron chi connectivity index (χ4n) is 6.55. The van der Waals surface area contributed by atoms with Gasteiger partial charge in [-0.2, -0.15) is 0 Å². The van der Waals surface area contributed by atoms with E-state index < -0.39 is 53.7 Å². The maximum atomic E-state index is 14.2. The highest BCUT2D eigenvalue weighted by atomic mass is 16.7. The van der Waals surface area contributed by atoms with Crippen molar-refractivity contribution in [3.63, 3.8) is 0 Å². The third-order valence-corrected chi connectivity index (χ3v) is 8.19. The number of hydrogen-bond acceptors (Lipinski definition) is 7. The maximum Gasteiger partial charge on any atom is 0.323 e. The van der Waals surface area contributed by atoms with Crippen LogP contribution in [0.15, 0.2) is 91.0 Å². The highest BCUT2D eigenvalue weighted by Gasteiger charge is 2.67. The van der Waals surface area contributed by atoms with Crippen LogP contribution in [0.25, 0.3) is 0 Å². The van der Waals surface area contributed by atoms with Gasteiger partial charge in [0.05, 0.1) is 37.3 Å². The minimum absolute atomic E-state index is 0.230. The van der Waals surface area contributed by atoms with Gasteiger partial charge in [0, 0.05) is 6.04 Å². The molecule has 3 heterocycles. The summed E-state index contributed by atoms with van der Waals surface area (Å²) in [5.41, 5.74) is 2.23. The van der Waals surface area contributed by atoms with E-state index in [4.69, 9.17) is 14.2 Å². The molecule has 0 saturated carbocycles. The van der Waals surface area contributed by atoms with E-state index in [9.17, 15) is 14.4 Å². The summed E-state index contributed by atoms with van der Waals surface area (Å²) >= 11 is 0. The molecule has 3 aromatic carbocycles. The number of amides is 2. The molecule has 0 aromatic heterocycles. The van der Waals surface area contributed by atoms with E-state index in [0.29, 0.717) is 5.69 Å². The molecule has 206 valence electrons. The summed E-state index contributed by atoms with van der Waals surface area (Å²) in [6.45, 7) is 3.94. The monoisotopic (exact) mass is 540 g/mol. The van der Waals surface area contributed by atoms with E-state index in [1.54, 1.807) is 24.3 Å². The van der Waals surface area contributed by atoms with Crippen molar-refractivity contribution in [3.05, 3.63) is 102 Å². The number of likely N-dealkylation sites (tertiary alicyclic amines) is 1. The molecule has 3 aromatic rings. The van der Waals surface area contributed by atoms with Crippen LogP contribution in [-0.2, 0) is 28.6 Å². The summed E-state index contributed by atoms with van der Waals surface area (Å²) < 4.78 is 18.0. The molecule has 8 heteroatoms. The van der Waals surface area contributed by atoms with Gasteiger partial charge in [0.15, 0.2) is 5.79 Å². The van der Waals surface area contributed by atoms with Gasteiger partial charge in [-0.15, -0.1) is 0 Å². The van der Waals surface area contributed by atoms with Crippen molar-refractivity contribution in [3.8, 4) is 0 Å². The Morgan fingerprint density at radius 1 is 0.825 bits per heavy atom. The standard InChI is InChI=1S/C32H32N2O6/c1-32(2)39-19-23(28(40-32)21-15-9-5-10-16-21)34-26(20-13-7-4-8-14-20)24-25(27(34)31(37)38-3)30(36)33(29(24)35)22-17-11-6-12-18-22/h4-18,23-28H,19H2,1-3H3/t23-,24-,25+,26+,27-,28-/m0/s1. The number of hydrogen-bond donors (Lipinski definition) is 0. The van der Waals surface area contributed by atoms with Crippen LogP contribution in [0.1, 0.15) is 37.1 Å². The van der Waals surface area contributed by atoms with Crippen LogP contribution in [-0.4, -0.2) is 54.3 Å². The third-order valence-electron chi connectivity index (χ3n) is 8.19. The van der Waals surface area contributed by atoms with Crippen molar-refractivity contribution in [2.45, 2.75) is 43.9 Å². The highest BCUT2D eigenvalue weighted by Crippen LogP contribution is 2.54. The second-order valence-electron chi connectivity index (χ2n) is 10.9. The predicted molar refractivity (Wildman–Crippen MR) is 147 cm³/mol. The zero-order chi connectivity index (χ0) is 28.0. The van der Waals surface area contributed by atoms with Crippen LogP contribution in [0.4, 0.5) is 5.69 Å². The Hall–Kier alpha value is -3.85. The van der Waals surface area contributed by atoms with Crippen LogP contribution in [0.5, 0.6) is 0 Å². The average molecular weight is 541 g/mol.